The number of hydrogen-bond donors (Lipinski definition) is 0. The van der Waals surface area contributed by atoms with Crippen LogP contribution in [0.4, 0.5) is 17.1 Å². The van der Waals surface area contributed by atoms with E-state index in [2.05, 4.69) is 205 Å². The normalized spacial score (nSPS) is 11.6. The third kappa shape index (κ3) is 5.51. The highest BCUT2D eigenvalue weighted by atomic mass is 16.3. The average molecular weight is 714 g/mol. The van der Waals surface area contributed by atoms with Crippen LogP contribution in [0.3, 0.4) is 0 Å². The lowest BCUT2D eigenvalue weighted by Crippen LogP contribution is -2.10. The largest absolute Gasteiger partial charge is 0.456 e. The van der Waals surface area contributed by atoms with Gasteiger partial charge in [-0.2, -0.15) is 0 Å². The minimum atomic E-state index is 0.873. The molecule has 1 aromatic heterocycles. The number of para-hydroxylation sites is 1. The first kappa shape index (κ1) is 32.0. The van der Waals surface area contributed by atoms with Crippen LogP contribution in [0.5, 0.6) is 0 Å². The topological polar surface area (TPSA) is 16.4 Å². The SMILES string of the molecule is c1ccc2cc(-c3ccc(N(c4ccc(-c5ccc(-c6ccc7ccc8ccccc8c7c6)cc5)cc4)c4cccc5oc6ccccc6c45)cc3)ccc2c1. The molecule has 262 valence electrons. The number of anilines is 3. The molecule has 1 heterocycles. The smallest absolute Gasteiger partial charge is 0.137 e. The molecule has 0 unspecified atom stereocenters. The fourth-order valence-electron chi connectivity index (χ4n) is 8.38. The van der Waals surface area contributed by atoms with Crippen molar-refractivity contribution >= 4 is 71.3 Å². The molecule has 0 N–H and O–H groups in total. The molecule has 0 aliphatic heterocycles. The van der Waals surface area contributed by atoms with Gasteiger partial charge in [0, 0.05) is 16.8 Å². The van der Waals surface area contributed by atoms with Crippen molar-refractivity contribution in [3.8, 4) is 33.4 Å². The predicted molar refractivity (Wildman–Crippen MR) is 237 cm³/mol. The van der Waals surface area contributed by atoms with E-state index in [4.69, 9.17) is 4.42 Å². The zero-order chi connectivity index (χ0) is 37.0. The number of benzene rings is 10. The highest BCUT2D eigenvalue weighted by Gasteiger charge is 2.19. The predicted octanol–water partition coefficient (Wildman–Crippen LogP) is 15.5. The average Bonchev–Trinajstić information content (AvgIpc) is 3.66. The first-order chi connectivity index (χ1) is 27.7. The third-order valence-electron chi connectivity index (χ3n) is 11.3. The summed E-state index contributed by atoms with van der Waals surface area (Å²) in [7, 11) is 0. The molecule has 0 aliphatic carbocycles. The summed E-state index contributed by atoms with van der Waals surface area (Å²) in [6, 6.07) is 76.5. The molecule has 10 aromatic carbocycles. The van der Waals surface area contributed by atoms with E-state index >= 15 is 0 Å². The fraction of sp³-hybridized carbons (Fsp3) is 0. The minimum Gasteiger partial charge on any atom is -0.456 e. The van der Waals surface area contributed by atoms with Crippen LogP contribution in [0, 0.1) is 0 Å². The molecule has 2 heteroatoms. The molecule has 0 atom stereocenters. The van der Waals surface area contributed by atoms with Gasteiger partial charge in [-0.3, -0.25) is 0 Å². The van der Waals surface area contributed by atoms with Gasteiger partial charge >= 0.3 is 0 Å². The summed E-state index contributed by atoms with van der Waals surface area (Å²) in [4.78, 5) is 2.35. The molecule has 0 radical (unpaired) electrons. The molecule has 0 amide bonds. The van der Waals surface area contributed by atoms with E-state index in [0.717, 1.165) is 39.0 Å². The van der Waals surface area contributed by atoms with Crippen LogP contribution in [-0.2, 0) is 0 Å². The van der Waals surface area contributed by atoms with Crippen LogP contribution in [0.15, 0.2) is 217 Å². The first-order valence-corrected chi connectivity index (χ1v) is 19.2. The summed E-state index contributed by atoms with van der Waals surface area (Å²) >= 11 is 0. The molecular formula is C54H35NO. The molecule has 2 nitrogen and oxygen atoms in total. The zero-order valence-corrected chi connectivity index (χ0v) is 30.6. The standard InChI is InChI=1S/C54H35NO/c1-2-10-43-34-44(24-20-36(43)8-1)40-28-32-47(33-29-40)55(51-13-7-15-53-54(51)49-12-5-6-14-52(49)56-53)46-30-26-38(27-31-46)37-16-18-39(19-17-37)45-25-23-42-22-21-41-9-3-4-11-48(41)50(42)35-45/h1-35H. The molecule has 0 saturated heterocycles. The lowest BCUT2D eigenvalue weighted by Gasteiger charge is -2.26. The second-order valence-electron chi connectivity index (χ2n) is 14.5. The Hall–Kier alpha value is -7.42. The van der Waals surface area contributed by atoms with Crippen molar-refractivity contribution in [3.63, 3.8) is 0 Å². The summed E-state index contributed by atoms with van der Waals surface area (Å²) in [5.41, 5.74) is 12.2. The van der Waals surface area contributed by atoms with Crippen LogP contribution in [-0.4, -0.2) is 0 Å². The maximum absolute atomic E-state index is 6.36. The second kappa shape index (κ2) is 13.2. The van der Waals surface area contributed by atoms with E-state index in [1.807, 2.05) is 12.1 Å². The van der Waals surface area contributed by atoms with Gasteiger partial charge in [-0.05, 0) is 120 Å². The summed E-state index contributed by atoms with van der Waals surface area (Å²) < 4.78 is 6.36. The van der Waals surface area contributed by atoms with Crippen LogP contribution in [0.25, 0.3) is 87.6 Å². The molecule has 56 heavy (non-hydrogen) atoms. The Morgan fingerprint density at radius 3 is 1.45 bits per heavy atom. The first-order valence-electron chi connectivity index (χ1n) is 19.2. The Morgan fingerprint density at radius 2 is 0.750 bits per heavy atom. The molecule has 0 aliphatic rings. The Labute approximate surface area is 325 Å². The molecule has 11 aromatic rings. The number of rotatable bonds is 6. The van der Waals surface area contributed by atoms with Crippen molar-refractivity contribution in [1.29, 1.82) is 0 Å². The fourth-order valence-corrected chi connectivity index (χ4v) is 8.38. The number of nitrogens with zero attached hydrogens (tertiary/aromatic N) is 1. The van der Waals surface area contributed by atoms with Gasteiger partial charge in [0.1, 0.15) is 11.2 Å². The van der Waals surface area contributed by atoms with Gasteiger partial charge in [-0.15, -0.1) is 0 Å². The van der Waals surface area contributed by atoms with E-state index in [-0.39, 0.29) is 0 Å². The van der Waals surface area contributed by atoms with Crippen LogP contribution in [0.2, 0.25) is 0 Å². The lowest BCUT2D eigenvalue weighted by molar-refractivity contribution is 0.669. The van der Waals surface area contributed by atoms with Gasteiger partial charge in [0.25, 0.3) is 0 Å². The quantitative estimate of drug-likeness (QED) is 0.160. The second-order valence-corrected chi connectivity index (χ2v) is 14.5. The summed E-state index contributed by atoms with van der Waals surface area (Å²) in [6.07, 6.45) is 0. The Morgan fingerprint density at radius 1 is 0.286 bits per heavy atom. The highest BCUT2D eigenvalue weighted by Crippen LogP contribution is 2.44. The highest BCUT2D eigenvalue weighted by molar-refractivity contribution is 6.13. The number of hydrogen-bond acceptors (Lipinski definition) is 2. The molecule has 0 fully saturated rings. The Kier molecular flexibility index (Phi) is 7.53. The molecule has 11 rings (SSSR count). The van der Waals surface area contributed by atoms with Crippen molar-refractivity contribution in [1.82, 2.24) is 0 Å². The van der Waals surface area contributed by atoms with Crippen molar-refractivity contribution in [3.05, 3.63) is 212 Å². The molecule has 0 saturated carbocycles. The summed E-state index contributed by atoms with van der Waals surface area (Å²) in [6.45, 7) is 0. The van der Waals surface area contributed by atoms with Gasteiger partial charge < -0.3 is 9.32 Å². The summed E-state index contributed by atoms with van der Waals surface area (Å²) in [5.74, 6) is 0. The van der Waals surface area contributed by atoms with E-state index < -0.39 is 0 Å². The maximum atomic E-state index is 6.36. The van der Waals surface area contributed by atoms with Gasteiger partial charge in [0.05, 0.1) is 11.1 Å². The van der Waals surface area contributed by atoms with Crippen molar-refractivity contribution in [2.45, 2.75) is 0 Å². The van der Waals surface area contributed by atoms with Crippen LogP contribution < -0.4 is 4.90 Å². The van der Waals surface area contributed by atoms with Gasteiger partial charge in [-0.25, -0.2) is 0 Å². The van der Waals surface area contributed by atoms with Crippen LogP contribution >= 0.6 is 0 Å². The monoisotopic (exact) mass is 713 g/mol. The van der Waals surface area contributed by atoms with E-state index in [9.17, 15) is 0 Å². The Bertz CT molecular complexity index is 3230. The molecular weight excluding hydrogens is 679 g/mol. The maximum Gasteiger partial charge on any atom is 0.137 e. The van der Waals surface area contributed by atoms with Gasteiger partial charge in [-0.1, -0.05) is 158 Å². The lowest BCUT2D eigenvalue weighted by atomic mass is 9.96. The third-order valence-corrected chi connectivity index (χ3v) is 11.3. The van der Waals surface area contributed by atoms with Gasteiger partial charge in [0.2, 0.25) is 0 Å². The van der Waals surface area contributed by atoms with Crippen LogP contribution in [0.1, 0.15) is 0 Å². The van der Waals surface area contributed by atoms with E-state index in [0.29, 0.717) is 0 Å². The minimum absolute atomic E-state index is 0.873. The van der Waals surface area contributed by atoms with Crippen molar-refractivity contribution < 1.29 is 4.42 Å². The van der Waals surface area contributed by atoms with E-state index in [1.54, 1.807) is 0 Å². The number of fused-ring (bicyclic) bond motifs is 7. The van der Waals surface area contributed by atoms with Gasteiger partial charge in [0.15, 0.2) is 0 Å². The molecule has 0 bridgehead atoms. The van der Waals surface area contributed by atoms with Crippen molar-refractivity contribution in [2.75, 3.05) is 4.90 Å². The zero-order valence-electron chi connectivity index (χ0n) is 30.6. The van der Waals surface area contributed by atoms with Crippen molar-refractivity contribution in [2.24, 2.45) is 0 Å². The number of furan rings is 1. The molecule has 0 spiro atoms. The summed E-state index contributed by atoms with van der Waals surface area (Å²) in [5, 5.41) is 9.79. The van der Waals surface area contributed by atoms with E-state index in [1.165, 1.54) is 65.7 Å². The Balaban J connectivity index is 0.962.